The summed E-state index contributed by atoms with van der Waals surface area (Å²) in [5.41, 5.74) is 3.27. The van der Waals surface area contributed by atoms with Gasteiger partial charge in [0.15, 0.2) is 0 Å². The van der Waals surface area contributed by atoms with Gasteiger partial charge in [-0.1, -0.05) is 42.5 Å². The molecule has 2 aromatic rings. The van der Waals surface area contributed by atoms with Crippen molar-refractivity contribution in [2.45, 2.75) is 13.3 Å². The second kappa shape index (κ2) is 8.03. The maximum Gasteiger partial charge on any atom is 0.330 e. The number of carbonyl (C=O) groups excluding carboxylic acids is 1. The van der Waals surface area contributed by atoms with E-state index in [1.807, 2.05) is 30.3 Å². The number of methoxy groups -OCH3 is 1. The normalized spacial score (nSPS) is 10.6. The molecule has 0 spiro atoms. The van der Waals surface area contributed by atoms with Crippen LogP contribution in [0.2, 0.25) is 0 Å². The summed E-state index contributed by atoms with van der Waals surface area (Å²) in [6, 6.07) is 16.0. The maximum absolute atomic E-state index is 11.4. The maximum atomic E-state index is 11.4. The van der Waals surface area contributed by atoms with Crippen LogP contribution in [0.3, 0.4) is 0 Å². The molecule has 0 unspecified atom stereocenters. The molecule has 0 saturated carbocycles. The highest BCUT2D eigenvalue weighted by Crippen LogP contribution is 2.21. The number of hydrogen-bond donors (Lipinski definition) is 0. The van der Waals surface area contributed by atoms with E-state index in [4.69, 9.17) is 9.47 Å². The Bertz CT molecular complexity index is 659. The fourth-order valence-corrected chi connectivity index (χ4v) is 2.23. The first-order chi connectivity index (χ1) is 10.7. The minimum atomic E-state index is -0.322. The fraction of sp³-hybridized carbons (Fsp3) is 0.211. The third-order valence-corrected chi connectivity index (χ3v) is 3.24. The van der Waals surface area contributed by atoms with E-state index >= 15 is 0 Å². The van der Waals surface area contributed by atoms with Crippen LogP contribution in [-0.4, -0.2) is 19.7 Å². The van der Waals surface area contributed by atoms with Gasteiger partial charge in [-0.2, -0.15) is 0 Å². The molecule has 22 heavy (non-hydrogen) atoms. The largest absolute Gasteiger partial charge is 0.496 e. The molecule has 3 nitrogen and oxygen atoms in total. The average molecular weight is 296 g/mol. The molecule has 3 heteroatoms. The lowest BCUT2D eigenvalue weighted by atomic mass is 10.0. The summed E-state index contributed by atoms with van der Waals surface area (Å²) in [7, 11) is 1.68. The topological polar surface area (TPSA) is 35.5 Å². The summed E-state index contributed by atoms with van der Waals surface area (Å²) < 4.78 is 10.3. The van der Waals surface area contributed by atoms with Crippen molar-refractivity contribution in [1.29, 1.82) is 0 Å². The Morgan fingerprint density at radius 3 is 2.73 bits per heavy atom. The first kappa shape index (κ1) is 15.8. The van der Waals surface area contributed by atoms with Crippen LogP contribution in [-0.2, 0) is 16.0 Å². The van der Waals surface area contributed by atoms with E-state index in [0.717, 1.165) is 28.9 Å². The number of rotatable bonds is 6. The first-order valence-electron chi connectivity index (χ1n) is 7.28. The lowest BCUT2D eigenvalue weighted by Crippen LogP contribution is -1.98. The number of para-hydroxylation sites is 1. The van der Waals surface area contributed by atoms with Gasteiger partial charge >= 0.3 is 5.97 Å². The van der Waals surface area contributed by atoms with Crippen molar-refractivity contribution in [2.75, 3.05) is 13.7 Å². The summed E-state index contributed by atoms with van der Waals surface area (Å²) >= 11 is 0. The van der Waals surface area contributed by atoms with Crippen molar-refractivity contribution in [3.05, 3.63) is 71.3 Å². The van der Waals surface area contributed by atoms with Gasteiger partial charge in [0.2, 0.25) is 0 Å². The molecule has 0 radical (unpaired) electrons. The van der Waals surface area contributed by atoms with Crippen LogP contribution in [0.4, 0.5) is 0 Å². The summed E-state index contributed by atoms with van der Waals surface area (Å²) in [4.78, 5) is 11.4. The van der Waals surface area contributed by atoms with Gasteiger partial charge in [-0.3, -0.25) is 0 Å². The van der Waals surface area contributed by atoms with Gasteiger partial charge in [0.1, 0.15) is 5.75 Å². The first-order valence-corrected chi connectivity index (χ1v) is 7.28. The SMILES string of the molecule is CCOC(=O)/C=C/c1cccc(Cc2ccccc2OC)c1. The molecular weight excluding hydrogens is 276 g/mol. The molecule has 0 aromatic heterocycles. The lowest BCUT2D eigenvalue weighted by Gasteiger charge is -2.08. The Morgan fingerprint density at radius 2 is 1.95 bits per heavy atom. The molecule has 0 aliphatic carbocycles. The number of ether oxygens (including phenoxy) is 2. The van der Waals surface area contributed by atoms with Gasteiger partial charge in [-0.05, 0) is 35.8 Å². The van der Waals surface area contributed by atoms with Crippen LogP contribution < -0.4 is 4.74 Å². The van der Waals surface area contributed by atoms with Crippen molar-refractivity contribution >= 4 is 12.0 Å². The zero-order valence-electron chi connectivity index (χ0n) is 12.9. The Morgan fingerprint density at radius 1 is 1.14 bits per heavy atom. The van der Waals surface area contributed by atoms with Crippen LogP contribution in [0.5, 0.6) is 5.75 Å². The van der Waals surface area contributed by atoms with E-state index in [-0.39, 0.29) is 5.97 Å². The molecule has 114 valence electrons. The molecule has 2 rings (SSSR count). The molecule has 2 aromatic carbocycles. The van der Waals surface area contributed by atoms with E-state index in [2.05, 4.69) is 18.2 Å². The zero-order valence-corrected chi connectivity index (χ0v) is 12.9. The van der Waals surface area contributed by atoms with E-state index in [9.17, 15) is 4.79 Å². The summed E-state index contributed by atoms with van der Waals surface area (Å²) in [6.45, 7) is 2.18. The smallest absolute Gasteiger partial charge is 0.330 e. The Labute approximate surface area is 131 Å². The monoisotopic (exact) mass is 296 g/mol. The van der Waals surface area contributed by atoms with Crippen molar-refractivity contribution in [2.24, 2.45) is 0 Å². The number of esters is 1. The second-order valence-electron chi connectivity index (χ2n) is 4.82. The third-order valence-electron chi connectivity index (χ3n) is 3.24. The van der Waals surface area contributed by atoms with E-state index < -0.39 is 0 Å². The fourth-order valence-electron chi connectivity index (χ4n) is 2.23. The molecular formula is C19H20O3. The predicted molar refractivity (Wildman–Crippen MR) is 87.9 cm³/mol. The van der Waals surface area contributed by atoms with Crippen LogP contribution >= 0.6 is 0 Å². The Kier molecular flexibility index (Phi) is 5.78. The molecule has 0 atom stereocenters. The van der Waals surface area contributed by atoms with Gasteiger partial charge in [-0.25, -0.2) is 4.79 Å². The van der Waals surface area contributed by atoms with Gasteiger partial charge in [0.05, 0.1) is 13.7 Å². The van der Waals surface area contributed by atoms with Gasteiger partial charge in [0.25, 0.3) is 0 Å². The quantitative estimate of drug-likeness (QED) is 0.600. The highest BCUT2D eigenvalue weighted by Gasteiger charge is 2.03. The molecule has 0 heterocycles. The summed E-state index contributed by atoms with van der Waals surface area (Å²) in [5, 5.41) is 0. The second-order valence-corrected chi connectivity index (χ2v) is 4.82. The molecule has 0 amide bonds. The van der Waals surface area contributed by atoms with Gasteiger partial charge < -0.3 is 9.47 Å². The van der Waals surface area contributed by atoms with Crippen LogP contribution in [0, 0.1) is 0 Å². The average Bonchev–Trinajstić information content (AvgIpc) is 2.54. The van der Waals surface area contributed by atoms with E-state index in [1.54, 1.807) is 20.1 Å². The van der Waals surface area contributed by atoms with E-state index in [0.29, 0.717) is 6.61 Å². The number of benzene rings is 2. The molecule has 0 fully saturated rings. The standard InChI is InChI=1S/C19H20O3/c1-3-22-19(20)12-11-15-7-6-8-16(13-15)14-17-9-4-5-10-18(17)21-2/h4-13H,3,14H2,1-2H3/b12-11+. The van der Waals surface area contributed by atoms with E-state index in [1.165, 1.54) is 6.08 Å². The minimum absolute atomic E-state index is 0.322. The van der Waals surface area contributed by atoms with Crippen molar-refractivity contribution in [3.63, 3.8) is 0 Å². The van der Waals surface area contributed by atoms with Crippen LogP contribution in [0.25, 0.3) is 6.08 Å². The number of carbonyl (C=O) groups is 1. The predicted octanol–water partition coefficient (Wildman–Crippen LogP) is 3.86. The van der Waals surface area contributed by atoms with Crippen LogP contribution in [0.15, 0.2) is 54.6 Å². The van der Waals surface area contributed by atoms with Crippen molar-refractivity contribution in [3.8, 4) is 5.75 Å². The number of hydrogen-bond acceptors (Lipinski definition) is 3. The van der Waals surface area contributed by atoms with Gasteiger partial charge in [0, 0.05) is 12.5 Å². The van der Waals surface area contributed by atoms with Crippen molar-refractivity contribution in [1.82, 2.24) is 0 Å². The Hall–Kier alpha value is -2.55. The lowest BCUT2D eigenvalue weighted by molar-refractivity contribution is -0.137. The third kappa shape index (κ3) is 4.48. The Balaban J connectivity index is 2.13. The summed E-state index contributed by atoms with van der Waals surface area (Å²) in [5.74, 6) is 0.563. The van der Waals surface area contributed by atoms with Gasteiger partial charge in [-0.15, -0.1) is 0 Å². The summed E-state index contributed by atoms with van der Waals surface area (Å²) in [6.07, 6.45) is 4.00. The molecule has 0 saturated heterocycles. The highest BCUT2D eigenvalue weighted by atomic mass is 16.5. The van der Waals surface area contributed by atoms with Crippen molar-refractivity contribution < 1.29 is 14.3 Å². The molecule has 0 bridgehead atoms. The molecule has 0 N–H and O–H groups in total. The molecule has 0 aliphatic heterocycles. The van der Waals surface area contributed by atoms with Crippen LogP contribution in [0.1, 0.15) is 23.6 Å². The highest BCUT2D eigenvalue weighted by molar-refractivity contribution is 5.87. The molecule has 0 aliphatic rings. The minimum Gasteiger partial charge on any atom is -0.496 e. The zero-order chi connectivity index (χ0) is 15.8.